The number of carboxylic acids is 1. The lowest BCUT2D eigenvalue weighted by Gasteiger charge is -2.10. The molecule has 1 heterocycles. The van der Waals surface area contributed by atoms with Crippen molar-refractivity contribution in [3.63, 3.8) is 0 Å². The van der Waals surface area contributed by atoms with Crippen LogP contribution in [-0.2, 0) is 0 Å². The molecule has 0 unspecified atom stereocenters. The number of rotatable bonds is 3. The standard InChI is InChI=1S/C12H20N2O2/c1-7(2)13-9(5)10(6)14(8(3)4)11(13)12(15)16/h7-8H,1-6H3. The maximum atomic E-state index is 11.3. The van der Waals surface area contributed by atoms with Gasteiger partial charge in [0.2, 0.25) is 0 Å². The summed E-state index contributed by atoms with van der Waals surface area (Å²) in [4.78, 5) is 11.3. The number of carbonyl (C=O) groups excluding carboxylic acids is 1. The monoisotopic (exact) mass is 224 g/mol. The second-order valence-electron chi connectivity index (χ2n) is 4.71. The summed E-state index contributed by atoms with van der Waals surface area (Å²) in [5, 5.41) is 11.3. The van der Waals surface area contributed by atoms with E-state index in [9.17, 15) is 9.90 Å². The molecular formula is C12H20N2O2. The lowest BCUT2D eigenvalue weighted by atomic mass is 10.3. The van der Waals surface area contributed by atoms with E-state index in [2.05, 4.69) is 0 Å². The van der Waals surface area contributed by atoms with Gasteiger partial charge in [0.25, 0.3) is 0 Å². The van der Waals surface area contributed by atoms with Gasteiger partial charge >= 0.3 is 5.82 Å². The third-order valence-corrected chi connectivity index (χ3v) is 2.92. The highest BCUT2D eigenvalue weighted by Crippen LogP contribution is 2.16. The van der Waals surface area contributed by atoms with E-state index in [0.717, 1.165) is 11.4 Å². The van der Waals surface area contributed by atoms with E-state index in [4.69, 9.17) is 0 Å². The smallest absolute Gasteiger partial charge is 0.305 e. The lowest BCUT2D eigenvalue weighted by molar-refractivity contribution is -0.725. The number of imidazole rings is 1. The van der Waals surface area contributed by atoms with Crippen molar-refractivity contribution >= 4 is 5.97 Å². The Balaban J connectivity index is 3.62. The molecule has 0 aliphatic rings. The quantitative estimate of drug-likeness (QED) is 0.717. The molecule has 0 fully saturated rings. The first-order valence-corrected chi connectivity index (χ1v) is 5.63. The van der Waals surface area contributed by atoms with Crippen molar-refractivity contribution in [3.8, 4) is 0 Å². The Morgan fingerprint density at radius 2 is 1.75 bits per heavy atom. The topological polar surface area (TPSA) is 48.9 Å². The van der Waals surface area contributed by atoms with Gasteiger partial charge in [0, 0.05) is 13.8 Å². The SMILES string of the molecule is Cc1c(C)[n+](C(C)C)c(C(=O)[O-])n1C(C)C. The Morgan fingerprint density at radius 1 is 1.25 bits per heavy atom. The molecule has 1 aromatic rings. The van der Waals surface area contributed by atoms with Crippen molar-refractivity contribution in [3.05, 3.63) is 17.2 Å². The molecule has 0 spiro atoms. The summed E-state index contributed by atoms with van der Waals surface area (Å²) >= 11 is 0. The predicted molar refractivity (Wildman–Crippen MR) is 59.2 cm³/mol. The van der Waals surface area contributed by atoms with Crippen LogP contribution in [0, 0.1) is 13.8 Å². The number of hydrogen-bond donors (Lipinski definition) is 0. The van der Waals surface area contributed by atoms with Gasteiger partial charge in [-0.1, -0.05) is 0 Å². The van der Waals surface area contributed by atoms with Crippen LogP contribution in [0.4, 0.5) is 0 Å². The molecule has 0 saturated carbocycles. The molecule has 0 atom stereocenters. The highest BCUT2D eigenvalue weighted by atomic mass is 16.4. The normalized spacial score (nSPS) is 11.5. The van der Waals surface area contributed by atoms with Crippen LogP contribution in [0.2, 0.25) is 0 Å². The van der Waals surface area contributed by atoms with E-state index in [1.807, 2.05) is 50.7 Å². The van der Waals surface area contributed by atoms with Gasteiger partial charge in [0.1, 0.15) is 11.4 Å². The molecule has 0 saturated heterocycles. The third kappa shape index (κ3) is 1.84. The van der Waals surface area contributed by atoms with Gasteiger partial charge in [-0.15, -0.1) is 0 Å². The van der Waals surface area contributed by atoms with Crippen molar-refractivity contribution in [2.45, 2.75) is 53.6 Å². The van der Waals surface area contributed by atoms with Crippen molar-refractivity contribution in [1.29, 1.82) is 0 Å². The fraction of sp³-hybridized carbons (Fsp3) is 0.667. The fourth-order valence-electron chi connectivity index (χ4n) is 2.24. The molecule has 0 bridgehead atoms. The van der Waals surface area contributed by atoms with Crippen molar-refractivity contribution in [1.82, 2.24) is 4.57 Å². The van der Waals surface area contributed by atoms with Crippen LogP contribution in [0.15, 0.2) is 0 Å². The van der Waals surface area contributed by atoms with Gasteiger partial charge in [0.05, 0.1) is 12.1 Å². The summed E-state index contributed by atoms with van der Waals surface area (Å²) < 4.78 is 3.65. The van der Waals surface area contributed by atoms with Crippen LogP contribution in [0.1, 0.15) is 61.8 Å². The number of aromatic nitrogens is 2. The molecule has 0 amide bonds. The maximum Gasteiger partial charge on any atom is 0.305 e. The molecule has 1 rings (SSSR count). The minimum absolute atomic E-state index is 0.117. The van der Waals surface area contributed by atoms with Crippen LogP contribution in [-0.4, -0.2) is 10.5 Å². The molecule has 4 heteroatoms. The lowest BCUT2D eigenvalue weighted by Crippen LogP contribution is -2.47. The summed E-state index contributed by atoms with van der Waals surface area (Å²) in [7, 11) is 0. The Morgan fingerprint density at radius 3 is 2.06 bits per heavy atom. The van der Waals surface area contributed by atoms with Gasteiger partial charge in [-0.25, -0.2) is 9.13 Å². The largest absolute Gasteiger partial charge is 0.538 e. The second-order valence-corrected chi connectivity index (χ2v) is 4.71. The first-order valence-electron chi connectivity index (χ1n) is 5.63. The molecule has 4 nitrogen and oxygen atoms in total. The number of nitrogens with zero attached hydrogens (tertiary/aromatic N) is 2. The van der Waals surface area contributed by atoms with Crippen molar-refractivity contribution < 1.29 is 14.5 Å². The van der Waals surface area contributed by atoms with Gasteiger partial charge < -0.3 is 9.90 Å². The molecule has 0 radical (unpaired) electrons. The molecule has 0 aliphatic heterocycles. The van der Waals surface area contributed by atoms with Crippen molar-refractivity contribution in [2.75, 3.05) is 0 Å². The average Bonchev–Trinajstić information content (AvgIpc) is 2.39. The third-order valence-electron chi connectivity index (χ3n) is 2.92. The molecular weight excluding hydrogens is 204 g/mol. The highest BCUT2D eigenvalue weighted by Gasteiger charge is 2.29. The first kappa shape index (κ1) is 12.7. The summed E-state index contributed by atoms with van der Waals surface area (Å²) in [5.41, 5.74) is 1.98. The molecule has 90 valence electrons. The minimum atomic E-state index is -1.11. The highest BCUT2D eigenvalue weighted by molar-refractivity contribution is 5.80. The van der Waals surface area contributed by atoms with Crippen LogP contribution >= 0.6 is 0 Å². The zero-order chi connectivity index (χ0) is 12.6. The van der Waals surface area contributed by atoms with Crippen LogP contribution in [0.5, 0.6) is 0 Å². The number of hydrogen-bond acceptors (Lipinski definition) is 2. The molecule has 0 aromatic carbocycles. The van der Waals surface area contributed by atoms with E-state index < -0.39 is 5.97 Å². The molecule has 0 aliphatic carbocycles. The summed E-state index contributed by atoms with van der Waals surface area (Å²) in [6, 6.07) is 0.234. The number of carbonyl (C=O) groups is 1. The Labute approximate surface area is 96.5 Å². The van der Waals surface area contributed by atoms with Crippen molar-refractivity contribution in [2.24, 2.45) is 0 Å². The zero-order valence-electron chi connectivity index (χ0n) is 10.9. The number of aromatic carboxylic acids is 1. The van der Waals surface area contributed by atoms with Crippen LogP contribution < -0.4 is 9.67 Å². The summed E-state index contributed by atoms with van der Waals surface area (Å²) in [6.07, 6.45) is 0. The minimum Gasteiger partial charge on any atom is -0.538 e. The van der Waals surface area contributed by atoms with E-state index in [1.165, 1.54) is 0 Å². The Kier molecular flexibility index (Phi) is 3.41. The van der Waals surface area contributed by atoms with Gasteiger partial charge in [0.15, 0.2) is 5.97 Å². The second kappa shape index (κ2) is 4.28. The predicted octanol–water partition coefficient (Wildman–Crippen LogP) is 0.918. The summed E-state index contributed by atoms with van der Waals surface area (Å²) in [6.45, 7) is 11.8. The van der Waals surface area contributed by atoms with Crippen LogP contribution in [0.3, 0.4) is 0 Å². The van der Waals surface area contributed by atoms with Crippen LogP contribution in [0.25, 0.3) is 0 Å². The molecule has 16 heavy (non-hydrogen) atoms. The van der Waals surface area contributed by atoms with E-state index in [-0.39, 0.29) is 17.9 Å². The van der Waals surface area contributed by atoms with Gasteiger partial charge in [-0.2, -0.15) is 0 Å². The summed E-state index contributed by atoms with van der Waals surface area (Å²) in [5.74, 6) is -0.849. The number of carboxylic acid groups (broad SMARTS) is 1. The fourth-order valence-corrected chi connectivity index (χ4v) is 2.24. The maximum absolute atomic E-state index is 11.3. The van der Waals surface area contributed by atoms with E-state index in [0.29, 0.717) is 0 Å². The first-order chi connectivity index (χ1) is 7.29. The van der Waals surface area contributed by atoms with E-state index in [1.54, 1.807) is 0 Å². The molecule has 1 aromatic heterocycles. The Bertz CT molecular complexity index is 386. The van der Waals surface area contributed by atoms with E-state index >= 15 is 0 Å². The van der Waals surface area contributed by atoms with Gasteiger partial charge in [-0.3, -0.25) is 0 Å². The Hall–Kier alpha value is -1.32. The van der Waals surface area contributed by atoms with Gasteiger partial charge in [-0.05, 0) is 27.7 Å². The zero-order valence-corrected chi connectivity index (χ0v) is 10.9. The average molecular weight is 224 g/mol. The molecule has 0 N–H and O–H groups in total.